The molecule has 4 heteroatoms. The summed E-state index contributed by atoms with van der Waals surface area (Å²) >= 11 is 0. The maximum atomic E-state index is 7.01. The van der Waals surface area contributed by atoms with Crippen molar-refractivity contribution in [1.82, 2.24) is 4.57 Å². The molecule has 4 nitrogen and oxygen atoms in total. The van der Waals surface area contributed by atoms with Gasteiger partial charge in [-0.05, 0) is 164 Å². The van der Waals surface area contributed by atoms with Crippen LogP contribution in [0.3, 0.4) is 0 Å². The second kappa shape index (κ2) is 26.2. The van der Waals surface area contributed by atoms with E-state index in [1.165, 1.54) is 94.2 Å². The topological polar surface area (TPSA) is 67.2 Å². The predicted molar refractivity (Wildman–Crippen MR) is 318 cm³/mol. The van der Waals surface area contributed by atoms with Crippen molar-refractivity contribution in [3.05, 3.63) is 269 Å². The van der Waals surface area contributed by atoms with Gasteiger partial charge < -0.3 is 10.3 Å². The molecule has 0 spiro atoms. The van der Waals surface area contributed by atoms with E-state index in [1.807, 2.05) is 62.4 Å². The molecule has 3 N–H and O–H groups in total. The fourth-order valence-electron chi connectivity index (χ4n) is 9.50. The number of hydrogen-bond donors (Lipinski definition) is 2. The SMILES string of the molecule is C=NCc1cccc(-c2ccc3c(c2)c2ccccc2n3-c2ccc(-c3ccc(CCc4ccccc4C(/C=C\C)=C/C)c(C4=C(C)CCC=C4)c3)cc2)c1.CC.Cc1ccccc1.N=C(N)c1ccccc1. The number of fused-ring (bicyclic) bond motifs is 3. The molecule has 0 aliphatic heterocycles. The number of nitrogens with one attached hydrogen (secondary N) is 1. The summed E-state index contributed by atoms with van der Waals surface area (Å²) in [4.78, 5) is 4.10. The maximum Gasteiger partial charge on any atom is 0.122 e. The van der Waals surface area contributed by atoms with E-state index in [0.29, 0.717) is 6.54 Å². The highest BCUT2D eigenvalue weighted by atomic mass is 15.0. The Morgan fingerprint density at radius 2 is 1.26 bits per heavy atom. The first-order chi connectivity index (χ1) is 35.8. The number of aliphatic imine (C=N–C) groups is 1. The lowest BCUT2D eigenvalue weighted by atomic mass is 9.86. The highest BCUT2D eigenvalue weighted by molar-refractivity contribution is 6.10. The Bertz CT molecular complexity index is 3400. The first-order valence-electron chi connectivity index (χ1n) is 25.7. The van der Waals surface area contributed by atoms with Crippen LogP contribution in [0, 0.1) is 12.3 Å². The lowest BCUT2D eigenvalue weighted by Crippen LogP contribution is -2.10. The van der Waals surface area contributed by atoms with Crippen LogP contribution in [0.4, 0.5) is 0 Å². The number of amidine groups is 1. The Labute approximate surface area is 434 Å². The van der Waals surface area contributed by atoms with E-state index >= 15 is 0 Å². The van der Waals surface area contributed by atoms with Gasteiger partial charge in [0.2, 0.25) is 0 Å². The van der Waals surface area contributed by atoms with E-state index in [2.05, 4.69) is 220 Å². The zero-order chi connectivity index (χ0) is 51.5. The Morgan fingerprint density at radius 3 is 1.93 bits per heavy atom. The van der Waals surface area contributed by atoms with Crippen molar-refractivity contribution in [2.24, 2.45) is 10.7 Å². The van der Waals surface area contributed by atoms with Gasteiger partial charge in [-0.25, -0.2) is 0 Å². The van der Waals surface area contributed by atoms with Crippen molar-refractivity contribution in [3.63, 3.8) is 0 Å². The molecule has 1 heterocycles. The fourth-order valence-corrected chi connectivity index (χ4v) is 9.50. The molecular weight excluding hydrogens is 885 g/mol. The van der Waals surface area contributed by atoms with Gasteiger partial charge in [0.05, 0.1) is 17.6 Å². The van der Waals surface area contributed by atoms with Gasteiger partial charge in [-0.2, -0.15) is 0 Å². The van der Waals surface area contributed by atoms with Gasteiger partial charge in [-0.1, -0.05) is 207 Å². The first kappa shape index (κ1) is 52.5. The summed E-state index contributed by atoms with van der Waals surface area (Å²) in [6.45, 7) is 16.9. The first-order valence-corrected chi connectivity index (χ1v) is 25.7. The molecule has 0 radical (unpaired) electrons. The summed E-state index contributed by atoms with van der Waals surface area (Å²) in [7, 11) is 0. The van der Waals surface area contributed by atoms with E-state index < -0.39 is 0 Å². The molecule has 0 saturated heterocycles. The van der Waals surface area contributed by atoms with Crippen LogP contribution in [-0.4, -0.2) is 17.1 Å². The number of nitrogen functional groups attached to an aromatic ring is 1. The summed E-state index contributed by atoms with van der Waals surface area (Å²) in [6, 6.07) is 68.8. The number of hydrogen-bond acceptors (Lipinski definition) is 2. The third kappa shape index (κ3) is 13.2. The van der Waals surface area contributed by atoms with Gasteiger partial charge in [0.1, 0.15) is 5.84 Å². The minimum atomic E-state index is 0.121. The number of nitrogens with zero attached hydrogens (tertiary/aromatic N) is 2. The van der Waals surface area contributed by atoms with Crippen LogP contribution in [0.5, 0.6) is 0 Å². The smallest absolute Gasteiger partial charge is 0.122 e. The Hall–Kier alpha value is -8.34. The quantitative estimate of drug-likeness (QED) is 0.0715. The lowest BCUT2D eigenvalue weighted by Gasteiger charge is -2.19. The number of aromatic nitrogens is 1. The summed E-state index contributed by atoms with van der Waals surface area (Å²) < 4.78 is 2.40. The monoisotopic (exact) mass is 955 g/mol. The standard InChI is InChI=1S/C53H48N2.C7H8N2.C7H8.C2H6/c1-5-14-39(6-2)48-20-10-8-17-41(48)23-24-42-25-26-44(34-50(42)47-19-9-7-15-37(47)3)40-27-30-46(31-28-40)55-52-22-12-11-21-49(52)51-35-45(29-32-53(51)55)43-18-13-16-38(33-43)36-54-4;8-7(9)6-4-2-1-3-5-6;1-7-5-3-2-4-6-7;1-2/h5-6,8-14,16-22,25-35H,4,7,15,23-24,36H2,1-3H3;1-5H,(H3,8,9);2-6H,1H3;1-2H3/b14-5-,39-6+;;;. The molecule has 0 saturated carbocycles. The van der Waals surface area contributed by atoms with Crippen LogP contribution < -0.4 is 5.73 Å². The summed E-state index contributed by atoms with van der Waals surface area (Å²) in [5, 5.41) is 9.52. The molecule has 1 aliphatic carbocycles. The van der Waals surface area contributed by atoms with E-state index in [-0.39, 0.29) is 5.84 Å². The second-order valence-corrected chi connectivity index (χ2v) is 18.1. The minimum Gasteiger partial charge on any atom is -0.384 e. The molecule has 0 amide bonds. The molecule has 73 heavy (non-hydrogen) atoms. The number of benzene rings is 8. The van der Waals surface area contributed by atoms with Crippen LogP contribution in [-0.2, 0) is 19.4 Å². The van der Waals surface area contributed by atoms with Crippen molar-refractivity contribution in [3.8, 4) is 27.9 Å². The average Bonchev–Trinajstić information content (AvgIpc) is 3.77. The second-order valence-electron chi connectivity index (χ2n) is 18.1. The van der Waals surface area contributed by atoms with Crippen molar-refractivity contribution >= 4 is 45.5 Å². The molecule has 0 unspecified atom stereocenters. The maximum absolute atomic E-state index is 7.01. The zero-order valence-electron chi connectivity index (χ0n) is 43.6. The molecular formula is C69H70N4. The van der Waals surface area contributed by atoms with E-state index in [1.54, 1.807) is 0 Å². The minimum absolute atomic E-state index is 0.121. The number of nitrogens with two attached hydrogens (primary N) is 1. The Balaban J connectivity index is 0.000000366. The molecule has 0 bridgehead atoms. The van der Waals surface area contributed by atoms with Crippen LogP contribution in [0.1, 0.15) is 86.4 Å². The lowest BCUT2D eigenvalue weighted by molar-refractivity contribution is 0.943. The number of para-hydroxylation sites is 1. The van der Waals surface area contributed by atoms with Gasteiger partial charge >= 0.3 is 0 Å². The molecule has 0 atom stereocenters. The Kier molecular flexibility index (Phi) is 18.8. The van der Waals surface area contributed by atoms with Crippen LogP contribution in [0.25, 0.3) is 60.9 Å². The van der Waals surface area contributed by atoms with Gasteiger partial charge in [0.15, 0.2) is 0 Å². The Morgan fingerprint density at radius 1 is 0.630 bits per heavy atom. The van der Waals surface area contributed by atoms with Crippen molar-refractivity contribution < 1.29 is 0 Å². The van der Waals surface area contributed by atoms with Crippen LogP contribution in [0.2, 0.25) is 0 Å². The molecule has 1 aliphatic rings. The van der Waals surface area contributed by atoms with Gasteiger partial charge in [0, 0.05) is 22.0 Å². The largest absolute Gasteiger partial charge is 0.384 e. The van der Waals surface area contributed by atoms with Crippen LogP contribution in [0.15, 0.2) is 235 Å². The van der Waals surface area contributed by atoms with Crippen molar-refractivity contribution in [2.45, 2.75) is 73.8 Å². The highest BCUT2D eigenvalue weighted by Gasteiger charge is 2.17. The highest BCUT2D eigenvalue weighted by Crippen LogP contribution is 2.37. The molecule has 366 valence electrons. The fraction of sp³-hybridized carbons (Fsp3) is 0.159. The number of allylic oxidation sites excluding steroid dienone is 8. The number of rotatable bonds is 12. The average molecular weight is 955 g/mol. The molecule has 0 fully saturated rings. The summed E-state index contributed by atoms with van der Waals surface area (Å²) in [5.74, 6) is 0.121. The van der Waals surface area contributed by atoms with E-state index in [9.17, 15) is 0 Å². The molecule has 8 aromatic carbocycles. The third-order valence-corrected chi connectivity index (χ3v) is 13.2. The molecule has 10 rings (SSSR count). The number of aryl methyl sites for hydroxylation is 3. The normalized spacial score (nSPS) is 12.1. The van der Waals surface area contributed by atoms with Crippen molar-refractivity contribution in [1.29, 1.82) is 5.41 Å². The van der Waals surface area contributed by atoms with E-state index in [0.717, 1.165) is 36.9 Å². The van der Waals surface area contributed by atoms with Crippen molar-refractivity contribution in [2.75, 3.05) is 0 Å². The van der Waals surface area contributed by atoms with E-state index in [4.69, 9.17) is 11.1 Å². The summed E-state index contributed by atoms with van der Waals surface area (Å²) in [5.41, 5.74) is 26.5. The van der Waals surface area contributed by atoms with Gasteiger partial charge in [0.25, 0.3) is 0 Å². The summed E-state index contributed by atoms with van der Waals surface area (Å²) in [6.07, 6.45) is 15.4. The van der Waals surface area contributed by atoms with Crippen LogP contribution >= 0.6 is 0 Å². The van der Waals surface area contributed by atoms with Gasteiger partial charge in [-0.3, -0.25) is 10.4 Å². The zero-order valence-corrected chi connectivity index (χ0v) is 43.6. The third-order valence-electron chi connectivity index (χ3n) is 13.2. The predicted octanol–water partition coefficient (Wildman–Crippen LogP) is 18.2. The van der Waals surface area contributed by atoms with Gasteiger partial charge in [-0.15, -0.1) is 0 Å². The molecule has 9 aromatic rings. The molecule has 1 aromatic heterocycles.